The standard InChI is InChI=1S/C16H16ClNO3/c1-2-8-21-18-16(20)13-9-12(10-14(17)15(13)19)11-6-4-3-5-7-11/h3-7,9-10,19H,2,8H2,1H3,(H,18,20). The molecule has 1 amide bonds. The summed E-state index contributed by atoms with van der Waals surface area (Å²) in [5.41, 5.74) is 4.02. The number of hydrogen-bond donors (Lipinski definition) is 2. The average Bonchev–Trinajstić information content (AvgIpc) is 2.51. The van der Waals surface area contributed by atoms with Crippen LogP contribution in [-0.4, -0.2) is 17.6 Å². The summed E-state index contributed by atoms with van der Waals surface area (Å²) in [5.74, 6) is -0.783. The van der Waals surface area contributed by atoms with Crippen molar-refractivity contribution in [1.29, 1.82) is 0 Å². The molecule has 2 N–H and O–H groups in total. The van der Waals surface area contributed by atoms with Crippen molar-refractivity contribution in [3.63, 3.8) is 0 Å². The Labute approximate surface area is 128 Å². The fourth-order valence-corrected chi connectivity index (χ4v) is 2.06. The van der Waals surface area contributed by atoms with E-state index in [9.17, 15) is 9.90 Å². The molecule has 4 nitrogen and oxygen atoms in total. The average molecular weight is 306 g/mol. The van der Waals surface area contributed by atoms with E-state index < -0.39 is 5.91 Å². The second-order valence-corrected chi connectivity index (χ2v) is 4.91. The number of amides is 1. The molecule has 0 aliphatic carbocycles. The highest BCUT2D eigenvalue weighted by Crippen LogP contribution is 2.33. The summed E-state index contributed by atoms with van der Waals surface area (Å²) in [6.45, 7) is 2.33. The van der Waals surface area contributed by atoms with Gasteiger partial charge >= 0.3 is 0 Å². The minimum absolute atomic E-state index is 0.0810. The molecule has 0 spiro atoms. The number of aromatic hydroxyl groups is 1. The Bertz CT molecular complexity index is 629. The van der Waals surface area contributed by atoms with Gasteiger partial charge in [0.1, 0.15) is 5.75 Å². The summed E-state index contributed by atoms with van der Waals surface area (Å²) in [4.78, 5) is 17.0. The van der Waals surface area contributed by atoms with Crippen molar-refractivity contribution in [3.8, 4) is 16.9 Å². The van der Waals surface area contributed by atoms with E-state index in [1.165, 1.54) is 0 Å². The van der Waals surface area contributed by atoms with Gasteiger partial charge in [-0.3, -0.25) is 9.63 Å². The second kappa shape index (κ2) is 7.11. The molecule has 2 aromatic carbocycles. The van der Waals surface area contributed by atoms with Gasteiger partial charge < -0.3 is 5.11 Å². The van der Waals surface area contributed by atoms with Crippen LogP contribution >= 0.6 is 11.6 Å². The van der Waals surface area contributed by atoms with Crippen LogP contribution in [0.3, 0.4) is 0 Å². The Hall–Kier alpha value is -2.04. The highest BCUT2D eigenvalue weighted by Gasteiger charge is 2.16. The van der Waals surface area contributed by atoms with Gasteiger partial charge in [0.2, 0.25) is 0 Å². The van der Waals surface area contributed by atoms with Crippen molar-refractivity contribution in [2.24, 2.45) is 0 Å². The summed E-state index contributed by atoms with van der Waals surface area (Å²) < 4.78 is 0. The van der Waals surface area contributed by atoms with Crippen LogP contribution in [0.25, 0.3) is 11.1 Å². The fourth-order valence-electron chi connectivity index (χ4n) is 1.84. The Morgan fingerprint density at radius 2 is 1.95 bits per heavy atom. The first-order valence-corrected chi connectivity index (χ1v) is 7.01. The fraction of sp³-hybridized carbons (Fsp3) is 0.188. The second-order valence-electron chi connectivity index (χ2n) is 4.50. The minimum atomic E-state index is -0.527. The molecule has 0 atom stereocenters. The number of phenols is 1. The van der Waals surface area contributed by atoms with E-state index in [1.54, 1.807) is 12.1 Å². The Morgan fingerprint density at radius 3 is 2.62 bits per heavy atom. The monoisotopic (exact) mass is 305 g/mol. The Kier molecular flexibility index (Phi) is 5.20. The maximum Gasteiger partial charge on any atom is 0.278 e. The molecule has 0 saturated carbocycles. The molecule has 110 valence electrons. The van der Waals surface area contributed by atoms with Crippen molar-refractivity contribution in [1.82, 2.24) is 5.48 Å². The van der Waals surface area contributed by atoms with Gasteiger partial charge in [0.15, 0.2) is 0 Å². The Balaban J connectivity index is 2.33. The minimum Gasteiger partial charge on any atom is -0.506 e. The van der Waals surface area contributed by atoms with Crippen LogP contribution < -0.4 is 5.48 Å². The maximum absolute atomic E-state index is 12.0. The van der Waals surface area contributed by atoms with Crippen molar-refractivity contribution in [2.75, 3.05) is 6.61 Å². The smallest absolute Gasteiger partial charge is 0.278 e. The molecular formula is C16H16ClNO3. The van der Waals surface area contributed by atoms with E-state index in [2.05, 4.69) is 5.48 Å². The topological polar surface area (TPSA) is 58.6 Å². The SMILES string of the molecule is CCCONC(=O)c1cc(-c2ccccc2)cc(Cl)c1O. The zero-order valence-electron chi connectivity index (χ0n) is 11.6. The molecule has 0 aliphatic rings. The molecule has 0 aromatic heterocycles. The van der Waals surface area contributed by atoms with Gasteiger partial charge in [0.25, 0.3) is 5.91 Å². The third-order valence-electron chi connectivity index (χ3n) is 2.89. The van der Waals surface area contributed by atoms with Gasteiger partial charge in [0, 0.05) is 0 Å². The van der Waals surface area contributed by atoms with E-state index in [4.69, 9.17) is 16.4 Å². The van der Waals surface area contributed by atoms with Gasteiger partial charge in [-0.25, -0.2) is 5.48 Å². The van der Waals surface area contributed by atoms with Crippen molar-refractivity contribution >= 4 is 17.5 Å². The first kappa shape index (κ1) is 15.4. The lowest BCUT2D eigenvalue weighted by Crippen LogP contribution is -2.24. The molecule has 0 aliphatic heterocycles. The summed E-state index contributed by atoms with van der Waals surface area (Å²) in [6.07, 6.45) is 0.775. The van der Waals surface area contributed by atoms with Crippen LogP contribution in [0.15, 0.2) is 42.5 Å². The largest absolute Gasteiger partial charge is 0.506 e. The number of rotatable bonds is 5. The van der Waals surface area contributed by atoms with Crippen LogP contribution in [0.5, 0.6) is 5.75 Å². The quantitative estimate of drug-likeness (QED) is 0.653. The number of phenolic OH excluding ortho intramolecular Hbond substituents is 1. The number of halogens is 1. The van der Waals surface area contributed by atoms with Crippen LogP contribution in [0, 0.1) is 0 Å². The van der Waals surface area contributed by atoms with Crippen LogP contribution in [0.1, 0.15) is 23.7 Å². The number of carbonyl (C=O) groups excluding carboxylic acids is 1. The maximum atomic E-state index is 12.0. The third-order valence-corrected chi connectivity index (χ3v) is 3.17. The van der Waals surface area contributed by atoms with Crippen LogP contribution in [0.4, 0.5) is 0 Å². The van der Waals surface area contributed by atoms with E-state index in [0.29, 0.717) is 6.61 Å². The first-order chi connectivity index (χ1) is 10.1. The van der Waals surface area contributed by atoms with Gasteiger partial charge in [-0.05, 0) is 29.7 Å². The molecule has 0 fully saturated rings. The lowest BCUT2D eigenvalue weighted by Gasteiger charge is -2.10. The highest BCUT2D eigenvalue weighted by atomic mass is 35.5. The summed E-state index contributed by atoms with van der Waals surface area (Å²) >= 11 is 6.00. The van der Waals surface area contributed by atoms with E-state index >= 15 is 0 Å². The predicted molar refractivity (Wildman–Crippen MR) is 82.3 cm³/mol. The molecule has 0 bridgehead atoms. The van der Waals surface area contributed by atoms with Gasteiger partial charge in [0.05, 0.1) is 17.2 Å². The number of hydrogen-bond acceptors (Lipinski definition) is 3. The molecule has 0 heterocycles. The van der Waals surface area contributed by atoms with Crippen LogP contribution in [-0.2, 0) is 4.84 Å². The van der Waals surface area contributed by atoms with Crippen molar-refractivity contribution in [3.05, 3.63) is 53.1 Å². The zero-order valence-corrected chi connectivity index (χ0v) is 12.4. The van der Waals surface area contributed by atoms with E-state index in [-0.39, 0.29) is 16.3 Å². The summed E-state index contributed by atoms with van der Waals surface area (Å²) in [7, 11) is 0. The zero-order chi connectivity index (χ0) is 15.2. The third kappa shape index (κ3) is 3.74. The lowest BCUT2D eigenvalue weighted by molar-refractivity contribution is 0.0313. The molecule has 2 aromatic rings. The molecule has 0 radical (unpaired) electrons. The molecule has 21 heavy (non-hydrogen) atoms. The van der Waals surface area contributed by atoms with Gasteiger partial charge in [-0.15, -0.1) is 0 Å². The van der Waals surface area contributed by atoms with E-state index in [1.807, 2.05) is 37.3 Å². The summed E-state index contributed by atoms with van der Waals surface area (Å²) in [5, 5.41) is 10.1. The molecular weight excluding hydrogens is 290 g/mol. The number of carbonyl (C=O) groups is 1. The number of benzene rings is 2. The lowest BCUT2D eigenvalue weighted by atomic mass is 10.0. The van der Waals surface area contributed by atoms with Crippen LogP contribution in [0.2, 0.25) is 5.02 Å². The highest BCUT2D eigenvalue weighted by molar-refractivity contribution is 6.33. The molecule has 5 heteroatoms. The number of nitrogens with one attached hydrogen (secondary N) is 1. The van der Waals surface area contributed by atoms with Crippen molar-refractivity contribution < 1.29 is 14.7 Å². The summed E-state index contributed by atoms with van der Waals surface area (Å²) in [6, 6.07) is 12.7. The van der Waals surface area contributed by atoms with Crippen molar-refractivity contribution in [2.45, 2.75) is 13.3 Å². The van der Waals surface area contributed by atoms with Gasteiger partial charge in [-0.1, -0.05) is 48.9 Å². The predicted octanol–water partition coefficient (Wildman–Crippen LogP) is 3.78. The first-order valence-electron chi connectivity index (χ1n) is 6.63. The molecule has 0 saturated heterocycles. The Morgan fingerprint density at radius 1 is 1.24 bits per heavy atom. The molecule has 0 unspecified atom stereocenters. The molecule has 2 rings (SSSR count). The van der Waals surface area contributed by atoms with Gasteiger partial charge in [-0.2, -0.15) is 0 Å². The normalized spacial score (nSPS) is 10.4. The number of hydroxylamine groups is 1. The van der Waals surface area contributed by atoms with E-state index in [0.717, 1.165) is 17.5 Å².